The largest absolute Gasteiger partial charge is 0.390 e. The molecule has 1 heterocycles. The zero-order chi connectivity index (χ0) is 8.54. The van der Waals surface area contributed by atoms with Gasteiger partial charge in [0.15, 0.2) is 5.79 Å². The molecule has 1 aliphatic rings. The average Bonchev–Trinajstić information content (AvgIpc) is 2.09. The minimum atomic E-state index is -0.723. The van der Waals surface area contributed by atoms with Crippen LogP contribution in [0.3, 0.4) is 0 Å². The molecule has 0 atom stereocenters. The second-order valence-electron chi connectivity index (χ2n) is 3.82. The van der Waals surface area contributed by atoms with Crippen molar-refractivity contribution >= 4 is 0 Å². The highest BCUT2D eigenvalue weighted by molar-refractivity contribution is 4.78. The van der Waals surface area contributed by atoms with Crippen LogP contribution >= 0.6 is 0 Å². The molecule has 0 amide bonds. The van der Waals surface area contributed by atoms with Gasteiger partial charge in [-0.1, -0.05) is 0 Å². The van der Waals surface area contributed by atoms with Crippen LogP contribution < -0.4 is 0 Å². The Labute approximate surface area is 67.3 Å². The molecule has 3 heteroatoms. The van der Waals surface area contributed by atoms with Crippen LogP contribution in [0.5, 0.6) is 0 Å². The summed E-state index contributed by atoms with van der Waals surface area (Å²) in [4.78, 5) is 0. The molecular weight excluding hydrogens is 144 g/mol. The van der Waals surface area contributed by atoms with E-state index in [0.717, 1.165) is 0 Å². The van der Waals surface area contributed by atoms with Crippen molar-refractivity contribution in [1.29, 1.82) is 0 Å². The summed E-state index contributed by atoms with van der Waals surface area (Å²) in [6.45, 7) is 6.63. The summed E-state index contributed by atoms with van der Waals surface area (Å²) in [5.74, 6) is -0.571. The first-order valence-corrected chi connectivity index (χ1v) is 3.92. The Morgan fingerprint density at radius 3 is 2.18 bits per heavy atom. The third-order valence-electron chi connectivity index (χ3n) is 1.65. The van der Waals surface area contributed by atoms with E-state index in [4.69, 9.17) is 9.47 Å². The van der Waals surface area contributed by atoms with Crippen molar-refractivity contribution in [3.05, 3.63) is 0 Å². The lowest BCUT2D eigenvalue weighted by molar-refractivity contribution is -0.175. The van der Waals surface area contributed by atoms with Crippen LogP contribution in [0.2, 0.25) is 0 Å². The van der Waals surface area contributed by atoms with Crippen molar-refractivity contribution in [3.63, 3.8) is 0 Å². The summed E-state index contributed by atoms with van der Waals surface area (Å²) >= 11 is 0. The number of rotatable bonds is 2. The Hall–Kier alpha value is -0.120. The second-order valence-corrected chi connectivity index (χ2v) is 3.82. The maximum Gasteiger partial charge on any atom is 0.168 e. The van der Waals surface area contributed by atoms with Crippen molar-refractivity contribution in [2.45, 2.75) is 38.6 Å². The summed E-state index contributed by atoms with van der Waals surface area (Å²) in [7, 11) is 0. The summed E-state index contributed by atoms with van der Waals surface area (Å²) < 4.78 is 10.7. The van der Waals surface area contributed by atoms with E-state index >= 15 is 0 Å². The lowest BCUT2D eigenvalue weighted by Gasteiger charge is -2.29. The first-order valence-electron chi connectivity index (χ1n) is 3.92. The van der Waals surface area contributed by atoms with Crippen LogP contribution in [-0.2, 0) is 9.47 Å². The second kappa shape index (κ2) is 2.73. The molecule has 0 aromatic carbocycles. The molecular formula is C8H16O3. The Kier molecular flexibility index (Phi) is 2.23. The van der Waals surface area contributed by atoms with Crippen LogP contribution in [0.1, 0.15) is 27.2 Å². The molecule has 1 aliphatic heterocycles. The van der Waals surface area contributed by atoms with Crippen molar-refractivity contribution in [2.75, 3.05) is 13.2 Å². The summed E-state index contributed by atoms with van der Waals surface area (Å²) in [6.07, 6.45) is 0.514. The lowest BCUT2D eigenvalue weighted by Crippen LogP contribution is -2.36. The number of hydrogen-bond acceptors (Lipinski definition) is 3. The van der Waals surface area contributed by atoms with Gasteiger partial charge in [-0.15, -0.1) is 0 Å². The highest BCUT2D eigenvalue weighted by atomic mass is 16.7. The van der Waals surface area contributed by atoms with E-state index in [-0.39, 0.29) is 0 Å². The fourth-order valence-corrected chi connectivity index (χ4v) is 1.44. The molecule has 3 nitrogen and oxygen atoms in total. The predicted octanol–water partition coefficient (Wildman–Crippen LogP) is 0.910. The molecule has 0 aliphatic carbocycles. The topological polar surface area (TPSA) is 38.7 Å². The van der Waals surface area contributed by atoms with Crippen LogP contribution in [0, 0.1) is 0 Å². The first-order chi connectivity index (χ1) is 4.91. The molecule has 66 valence electrons. The third-order valence-corrected chi connectivity index (χ3v) is 1.65. The van der Waals surface area contributed by atoms with Gasteiger partial charge in [-0.05, 0) is 20.8 Å². The lowest BCUT2D eigenvalue weighted by atomic mass is 9.99. The Balaban J connectivity index is 2.46. The molecule has 1 rings (SSSR count). The van der Waals surface area contributed by atoms with Crippen LogP contribution in [0.4, 0.5) is 0 Å². The van der Waals surface area contributed by atoms with Gasteiger partial charge < -0.3 is 14.6 Å². The van der Waals surface area contributed by atoms with Gasteiger partial charge in [-0.25, -0.2) is 0 Å². The fourth-order valence-electron chi connectivity index (χ4n) is 1.44. The Morgan fingerprint density at radius 2 is 1.82 bits per heavy atom. The van der Waals surface area contributed by atoms with E-state index in [9.17, 15) is 5.11 Å². The molecule has 0 radical (unpaired) electrons. The zero-order valence-electron chi connectivity index (χ0n) is 7.39. The van der Waals surface area contributed by atoms with Gasteiger partial charge >= 0.3 is 0 Å². The van der Waals surface area contributed by atoms with Gasteiger partial charge in [0, 0.05) is 6.42 Å². The molecule has 0 unspecified atom stereocenters. The smallest absolute Gasteiger partial charge is 0.168 e. The molecule has 1 fully saturated rings. The minimum Gasteiger partial charge on any atom is -0.390 e. The van der Waals surface area contributed by atoms with E-state index in [2.05, 4.69) is 0 Å². The molecule has 11 heavy (non-hydrogen) atoms. The van der Waals surface area contributed by atoms with E-state index in [1.54, 1.807) is 13.8 Å². The van der Waals surface area contributed by atoms with Crippen molar-refractivity contribution in [3.8, 4) is 0 Å². The quantitative estimate of drug-likeness (QED) is 0.652. The standard InChI is InChI=1S/C8H16O3/c1-7(2,9)6-8(3)10-4-5-11-8/h9H,4-6H2,1-3H3. The van der Waals surface area contributed by atoms with Gasteiger partial charge in [0.2, 0.25) is 0 Å². The van der Waals surface area contributed by atoms with Gasteiger partial charge in [0.05, 0.1) is 18.8 Å². The molecule has 0 aromatic rings. The van der Waals surface area contributed by atoms with Crippen LogP contribution in [-0.4, -0.2) is 29.7 Å². The van der Waals surface area contributed by atoms with E-state index in [0.29, 0.717) is 19.6 Å². The van der Waals surface area contributed by atoms with Crippen LogP contribution in [0.25, 0.3) is 0 Å². The van der Waals surface area contributed by atoms with Gasteiger partial charge in [-0.2, -0.15) is 0 Å². The zero-order valence-corrected chi connectivity index (χ0v) is 7.39. The Bertz CT molecular complexity index is 131. The maximum atomic E-state index is 9.48. The van der Waals surface area contributed by atoms with Crippen molar-refractivity contribution in [2.24, 2.45) is 0 Å². The van der Waals surface area contributed by atoms with Crippen LogP contribution in [0.15, 0.2) is 0 Å². The molecule has 1 saturated heterocycles. The molecule has 0 bridgehead atoms. The first kappa shape index (κ1) is 8.97. The molecule has 0 aromatic heterocycles. The number of ether oxygens (including phenoxy) is 2. The average molecular weight is 160 g/mol. The highest BCUT2D eigenvalue weighted by Gasteiger charge is 2.36. The van der Waals surface area contributed by atoms with E-state index in [1.165, 1.54) is 0 Å². The van der Waals surface area contributed by atoms with Gasteiger partial charge in [0.1, 0.15) is 0 Å². The van der Waals surface area contributed by atoms with E-state index < -0.39 is 11.4 Å². The monoisotopic (exact) mass is 160 g/mol. The summed E-state index contributed by atoms with van der Waals surface area (Å²) in [5.41, 5.74) is -0.723. The minimum absolute atomic E-state index is 0.514. The number of hydrogen-bond donors (Lipinski definition) is 1. The Morgan fingerprint density at radius 1 is 1.36 bits per heavy atom. The predicted molar refractivity (Wildman–Crippen MR) is 41.2 cm³/mol. The number of aliphatic hydroxyl groups is 1. The van der Waals surface area contributed by atoms with E-state index in [1.807, 2.05) is 6.92 Å². The SMILES string of the molecule is CC(C)(O)CC1(C)OCCO1. The third kappa shape index (κ3) is 2.77. The normalized spacial score (nSPS) is 24.0. The van der Waals surface area contributed by atoms with Gasteiger partial charge in [-0.3, -0.25) is 0 Å². The van der Waals surface area contributed by atoms with Crippen molar-refractivity contribution < 1.29 is 14.6 Å². The summed E-state index contributed by atoms with van der Waals surface area (Å²) in [6, 6.07) is 0. The molecule has 1 N–H and O–H groups in total. The maximum absolute atomic E-state index is 9.48. The summed E-state index contributed by atoms with van der Waals surface area (Å²) in [5, 5.41) is 9.48. The van der Waals surface area contributed by atoms with Gasteiger partial charge in [0.25, 0.3) is 0 Å². The molecule has 0 saturated carbocycles. The molecule has 0 spiro atoms. The fraction of sp³-hybridized carbons (Fsp3) is 1.00. The van der Waals surface area contributed by atoms with Crippen molar-refractivity contribution in [1.82, 2.24) is 0 Å². The highest BCUT2D eigenvalue weighted by Crippen LogP contribution is 2.28.